The third-order valence-electron chi connectivity index (χ3n) is 31.7. The van der Waals surface area contributed by atoms with Crippen LogP contribution in [0.25, 0.3) is 109 Å². The molecule has 0 spiro atoms. The number of aliphatic carboxylic acids is 1. The van der Waals surface area contributed by atoms with E-state index in [4.69, 9.17) is 41.3 Å². The van der Waals surface area contributed by atoms with Gasteiger partial charge in [-0.25, -0.2) is 34.0 Å². The highest BCUT2D eigenvalue weighted by atomic mass is 79.9. The molecule has 0 atom stereocenters. The number of nitrogens with zero attached hydrogens (tertiary/aromatic N) is 2. The number of aryl methyl sites for hydroxylation is 4. The number of hydrogen-bond acceptors (Lipinski definition) is 20. The maximum atomic E-state index is 12.6. The average molecular weight is 1990 g/mol. The molecule has 704 valence electrons. The lowest BCUT2D eigenvalue weighted by Gasteiger charge is -2.70. The summed E-state index contributed by atoms with van der Waals surface area (Å²) in [4.78, 5) is 82.4. The minimum atomic E-state index is -0.689. The molecule has 8 heterocycles. The second kappa shape index (κ2) is 33.9. The molecular weight excluding hydrogens is 1880 g/mol. The van der Waals surface area contributed by atoms with E-state index < -0.39 is 11.4 Å². The molecule has 5 aromatic heterocycles. The Morgan fingerprint density at radius 3 is 0.927 bits per heavy atom. The monoisotopic (exact) mass is 1980 g/mol. The molecule has 10 aromatic carbocycles. The first-order valence-electron chi connectivity index (χ1n) is 47.4. The maximum Gasteiger partial charge on any atom is 0.344 e. The van der Waals surface area contributed by atoms with Crippen molar-refractivity contribution in [3.63, 3.8) is 0 Å². The first kappa shape index (κ1) is 93.7. The van der Waals surface area contributed by atoms with Gasteiger partial charge in [-0.15, -0.1) is 0 Å². The Kier molecular flexibility index (Phi) is 23.2. The van der Waals surface area contributed by atoms with Crippen LogP contribution in [-0.4, -0.2) is 107 Å². The molecule has 3 aliphatic heterocycles. The third-order valence-corrected chi connectivity index (χ3v) is 33.0. The molecule has 24 heteroatoms. The van der Waals surface area contributed by atoms with Crippen molar-refractivity contribution in [2.75, 3.05) is 45.9 Å². The van der Waals surface area contributed by atoms with E-state index in [-0.39, 0.29) is 96.1 Å². The smallest absolute Gasteiger partial charge is 0.344 e. The maximum absolute atomic E-state index is 12.6. The van der Waals surface area contributed by atoms with Gasteiger partial charge in [0, 0.05) is 73.6 Å². The predicted octanol–water partition coefficient (Wildman–Crippen LogP) is 23.5. The molecule has 4 N–H and O–H groups in total. The predicted molar refractivity (Wildman–Crippen MR) is 551 cm³/mol. The number of fused-ring (bicyclic) bond motifs is 15. The lowest BCUT2D eigenvalue weighted by Crippen LogP contribution is -2.68. The van der Waals surface area contributed by atoms with E-state index in [0.29, 0.717) is 90.5 Å². The van der Waals surface area contributed by atoms with E-state index in [0.717, 1.165) is 176 Å². The van der Waals surface area contributed by atoms with Crippen LogP contribution < -0.4 is 28.1 Å². The van der Waals surface area contributed by atoms with Gasteiger partial charge in [0.05, 0.1) is 56.7 Å². The molecule has 15 saturated carbocycles. The number of halogens is 2. The van der Waals surface area contributed by atoms with Crippen LogP contribution in [0.1, 0.15) is 181 Å². The van der Waals surface area contributed by atoms with Gasteiger partial charge in [-0.1, -0.05) is 142 Å². The van der Waals surface area contributed by atoms with Crippen LogP contribution in [0.15, 0.2) is 243 Å². The SMILES string of the molecule is C1CCOC1.CC1(C)COC(C23CC(Br)(C2)C3)=N1.CS.Cc1ccc2c(c1)oc(=O)c1cc(Br)ccc12.Cc1ccc2c(c1)oc(=O)c1cc(C34CC(C(=O)O)(C3)C4)ccc12.Cc1ccc2c(c1)oc(=O)c1cc(C34CC(C5=NC(C)(C)CO5)(C3)C4)ccc12.Cc1ccc2c(c1)oc(=O)c1cc(C34CC(CO)(C3)C4)ccc12.O=c1oc2cc(O)ccc2c2ccc(C34CC(CO)(C3)C4)cc12.[B]C. The van der Waals surface area contributed by atoms with Crippen molar-refractivity contribution >= 4 is 179 Å². The number of thiol groups is 1. The van der Waals surface area contributed by atoms with Crippen LogP contribution in [0.4, 0.5) is 0 Å². The van der Waals surface area contributed by atoms with Gasteiger partial charge in [0.1, 0.15) is 46.9 Å². The number of aromatic hydroxyl groups is 1. The van der Waals surface area contributed by atoms with Crippen LogP contribution in [0, 0.1) is 54.8 Å². The number of benzene rings is 10. The van der Waals surface area contributed by atoms with Crippen molar-refractivity contribution in [1.82, 2.24) is 0 Å². The molecule has 2 radical (unpaired) electrons. The van der Waals surface area contributed by atoms with Crippen molar-refractivity contribution in [3.05, 3.63) is 283 Å². The Bertz CT molecular complexity index is 7680. The molecule has 33 rings (SSSR count). The molecule has 15 aliphatic carbocycles. The van der Waals surface area contributed by atoms with Crippen LogP contribution in [0.3, 0.4) is 0 Å². The zero-order chi connectivity index (χ0) is 96.5. The fourth-order valence-electron chi connectivity index (χ4n) is 25.1. The highest BCUT2D eigenvalue weighted by Crippen LogP contribution is 2.77. The number of ether oxygens (including phenoxy) is 3. The summed E-state index contributed by atoms with van der Waals surface area (Å²) in [6, 6.07) is 58.8. The quantitative estimate of drug-likeness (QED) is 0.0295. The van der Waals surface area contributed by atoms with Crippen LogP contribution in [0.5, 0.6) is 5.75 Å². The molecule has 18 aliphatic rings. The Morgan fingerprint density at radius 2 is 0.642 bits per heavy atom. The Morgan fingerprint density at radius 1 is 0.365 bits per heavy atom. The number of alkyl halides is 1. The molecule has 16 fully saturated rings. The van der Waals surface area contributed by atoms with E-state index in [9.17, 15) is 49.2 Å². The number of rotatable bonds is 9. The summed E-state index contributed by atoms with van der Waals surface area (Å²) in [5.74, 6) is 1.39. The second-order valence-electron chi connectivity index (χ2n) is 43.1. The van der Waals surface area contributed by atoms with E-state index in [2.05, 4.69) is 127 Å². The summed E-state index contributed by atoms with van der Waals surface area (Å²) in [5.41, 5.74) is 11.1. The molecule has 0 unspecified atom stereocenters. The highest BCUT2D eigenvalue weighted by Gasteiger charge is 2.75. The van der Waals surface area contributed by atoms with Crippen LogP contribution in [-0.2, 0) is 40.7 Å². The number of carbonyl (C=O) groups is 1. The lowest BCUT2D eigenvalue weighted by atomic mass is 9.33. The molecule has 10 bridgehead atoms. The molecule has 1 saturated heterocycles. The van der Waals surface area contributed by atoms with Gasteiger partial charge < -0.3 is 56.7 Å². The third kappa shape index (κ3) is 16.0. The minimum absolute atomic E-state index is 0.0181. The van der Waals surface area contributed by atoms with Gasteiger partial charge in [-0.3, -0.25) is 4.79 Å². The zero-order valence-corrected chi connectivity index (χ0v) is 82.8. The van der Waals surface area contributed by atoms with Gasteiger partial charge in [0.15, 0.2) is 11.8 Å². The summed E-state index contributed by atoms with van der Waals surface area (Å²) >= 11 is 10.6. The summed E-state index contributed by atoms with van der Waals surface area (Å²) in [5, 5.41) is 50.1. The summed E-state index contributed by atoms with van der Waals surface area (Å²) in [6.45, 7) is 21.9. The average Bonchev–Trinajstić information content (AvgIpc) is 1.64. The van der Waals surface area contributed by atoms with E-state index in [1.807, 2.05) is 143 Å². The van der Waals surface area contributed by atoms with Crippen molar-refractivity contribution in [2.45, 2.75) is 208 Å². The lowest BCUT2D eigenvalue weighted by molar-refractivity contribution is -0.194. The number of phenolic OH excluding ortho intramolecular Hbond substituents is 1. The molecular formula is C113H111BBr2N2O18S. The highest BCUT2D eigenvalue weighted by molar-refractivity contribution is 9.10. The number of carboxylic acid groups (broad SMARTS) is 1. The van der Waals surface area contributed by atoms with Gasteiger partial charge in [-0.05, 0) is 348 Å². The van der Waals surface area contributed by atoms with Gasteiger partial charge in [0.2, 0.25) is 0 Å². The first-order valence-corrected chi connectivity index (χ1v) is 49.8. The van der Waals surface area contributed by atoms with Crippen LogP contribution in [0.2, 0.25) is 6.82 Å². The van der Waals surface area contributed by atoms with Crippen molar-refractivity contribution in [3.8, 4) is 5.75 Å². The Hall–Kier alpha value is -11.0. The molecule has 0 amide bonds. The van der Waals surface area contributed by atoms with E-state index >= 15 is 0 Å². The number of aliphatic imine (C=N–C) groups is 2. The number of carboxylic acids is 1. The van der Waals surface area contributed by atoms with Gasteiger partial charge >= 0.3 is 34.1 Å². The Balaban J connectivity index is 0.000000101. The minimum Gasteiger partial charge on any atom is -0.508 e. The normalized spacial score (nSPS) is 27.7. The van der Waals surface area contributed by atoms with Crippen LogP contribution >= 0.6 is 44.5 Å². The fraction of sp³-hybridized carbons (Fsp3) is 0.398. The number of phenols is 1. The topological polar surface area (TPSA) is 301 Å². The fourth-order valence-corrected chi connectivity index (χ4v) is 27.0. The molecule has 20 nitrogen and oxygen atoms in total. The largest absolute Gasteiger partial charge is 0.508 e. The van der Waals surface area contributed by atoms with E-state index in [1.165, 1.54) is 61.7 Å². The number of aliphatic hydroxyl groups is 2. The molecule has 15 aromatic rings. The van der Waals surface area contributed by atoms with Gasteiger partial charge in [0.25, 0.3) is 0 Å². The summed E-state index contributed by atoms with van der Waals surface area (Å²) in [6.07, 6.45) is 19.3. The molecule has 137 heavy (non-hydrogen) atoms. The van der Waals surface area contributed by atoms with Crippen molar-refractivity contribution in [2.24, 2.45) is 37.1 Å². The summed E-state index contributed by atoms with van der Waals surface area (Å²) < 4.78 is 45.3. The van der Waals surface area contributed by atoms with Crippen molar-refractivity contribution in [1.29, 1.82) is 0 Å². The summed E-state index contributed by atoms with van der Waals surface area (Å²) in [7, 11) is 4.50. The first-order chi connectivity index (χ1) is 65.4. The zero-order valence-electron chi connectivity index (χ0n) is 78.8. The standard InChI is InChI=1S/C24H23NO3.C20H16O4.C20H18O3.C19H16O4.C14H9BrO2.C10H14BrNO.C4H8O.CH3B.CH4S/c1-14-4-6-17-16-7-5-15(9-18(16)20(26)28-19(17)8-14)23-10-24(11-23,12-23)21-25-22(2,3)13-27-21;1-11-2-4-14-13-5-3-12(7-15(13)17(21)24-16(14)6-11)19-8-20(9-19,10-19)18(22)23;1-12-2-4-15-14-5-3-13(20-8-19(9-20,10-20)11-21)7-16(14)18(22)23-17(15)6-12;20-10-18-7-19(8-18,9-18)11-1-3-13-14-4-2-12(21)6-16(14)23-17(22)15(13)5-11;1-8-2-4-11-10-5-3-9(15)7-12(10)14(16)17-13(11)6-8;1-8(2)6-13-7(12-8)9-3-10(11,4-9)5-9;1-2-4-5-3-1;2*1-2/h4-9H,10-13H2,1-3H3;2-7H,8-10H2,1H3,(H,22,23);2-7,21H,8-11H2,1H3;1-6,20-21H,7-10H2;2-7H,1H3;3-6H2,1-2H3;1-4H2;1H3;2H,1H3. The van der Waals surface area contributed by atoms with Crippen molar-refractivity contribution < 1.29 is 61.5 Å². The second-order valence-corrected chi connectivity index (χ2v) is 45.7. The van der Waals surface area contributed by atoms with Gasteiger partial charge in [-0.2, -0.15) is 12.6 Å². The number of hydrogen-bond donors (Lipinski definition) is 5. The van der Waals surface area contributed by atoms with E-state index in [1.54, 1.807) is 24.5 Å². The Labute approximate surface area is 814 Å². The number of aliphatic hydroxyl groups excluding tert-OH is 2.